The van der Waals surface area contributed by atoms with Gasteiger partial charge >= 0.3 is 12.4 Å². The first-order chi connectivity index (χ1) is 14.4. The minimum Gasteiger partial charge on any atom is -0.321 e. The van der Waals surface area contributed by atoms with Gasteiger partial charge in [0.15, 0.2) is 11.3 Å². The van der Waals surface area contributed by atoms with E-state index in [0.717, 1.165) is 15.3 Å². The molecule has 0 atom stereocenters. The molecule has 1 aliphatic rings. The predicted octanol–water partition coefficient (Wildman–Crippen LogP) is 3.79. The van der Waals surface area contributed by atoms with Crippen LogP contribution in [0, 0.1) is 6.92 Å². The van der Waals surface area contributed by atoms with E-state index >= 15 is 0 Å². The van der Waals surface area contributed by atoms with E-state index in [2.05, 4.69) is 20.6 Å². The van der Waals surface area contributed by atoms with E-state index in [1.165, 1.54) is 6.92 Å². The number of nitrogens with one attached hydrogen (secondary N) is 1. The Balaban J connectivity index is 1.66. The van der Waals surface area contributed by atoms with Crippen molar-refractivity contribution < 1.29 is 31.1 Å². The minimum absolute atomic E-state index is 0.0164. The molecule has 31 heavy (non-hydrogen) atoms. The highest BCUT2D eigenvalue weighted by atomic mass is 19.4. The molecule has 3 heterocycles. The third-order valence-corrected chi connectivity index (χ3v) is 5.10. The molecule has 0 radical (unpaired) electrons. The van der Waals surface area contributed by atoms with Gasteiger partial charge in [-0.1, -0.05) is 0 Å². The Morgan fingerprint density at radius 3 is 2.48 bits per heavy atom. The normalized spacial score (nSPS) is 14.7. The van der Waals surface area contributed by atoms with Gasteiger partial charge in [-0.15, -0.1) is 10.2 Å². The number of aryl methyl sites for hydroxylation is 1. The first kappa shape index (κ1) is 21.1. The fourth-order valence-electron chi connectivity index (χ4n) is 3.71. The fourth-order valence-corrected chi connectivity index (χ4v) is 3.71. The van der Waals surface area contributed by atoms with Crippen molar-refractivity contribution in [2.45, 2.75) is 51.5 Å². The molecule has 0 bridgehead atoms. The summed E-state index contributed by atoms with van der Waals surface area (Å²) in [4.78, 5) is 12.5. The van der Waals surface area contributed by atoms with Crippen LogP contribution in [0.25, 0.3) is 5.65 Å². The zero-order chi connectivity index (χ0) is 22.6. The third-order valence-electron chi connectivity index (χ3n) is 5.10. The van der Waals surface area contributed by atoms with Crippen molar-refractivity contribution in [1.29, 1.82) is 0 Å². The van der Waals surface area contributed by atoms with Gasteiger partial charge in [0.2, 0.25) is 5.91 Å². The zero-order valence-electron chi connectivity index (χ0n) is 16.1. The molecule has 7 nitrogen and oxygen atoms in total. The number of nitrogens with zero attached hydrogens (tertiary/aromatic N) is 5. The number of fused-ring (bicyclic) bond motifs is 2. The smallest absolute Gasteiger partial charge is 0.321 e. The van der Waals surface area contributed by atoms with Crippen LogP contribution in [0.4, 0.5) is 32.0 Å². The van der Waals surface area contributed by atoms with E-state index in [9.17, 15) is 31.1 Å². The second kappa shape index (κ2) is 7.24. The van der Waals surface area contributed by atoms with Crippen LogP contribution in [0.3, 0.4) is 0 Å². The number of anilines is 1. The molecule has 1 N–H and O–H groups in total. The van der Waals surface area contributed by atoms with Gasteiger partial charge in [0.05, 0.1) is 11.3 Å². The van der Waals surface area contributed by atoms with Crippen LogP contribution in [0.15, 0.2) is 12.3 Å². The van der Waals surface area contributed by atoms with Crippen LogP contribution in [-0.2, 0) is 36.5 Å². The summed E-state index contributed by atoms with van der Waals surface area (Å²) in [6.45, 7) is 0.869. The van der Waals surface area contributed by atoms with E-state index in [4.69, 9.17) is 0 Å². The maximum absolute atomic E-state index is 13.3. The van der Waals surface area contributed by atoms with Crippen molar-refractivity contribution in [3.8, 4) is 0 Å². The number of alkyl halides is 6. The summed E-state index contributed by atoms with van der Waals surface area (Å²) in [5, 5.41) is 13.4. The lowest BCUT2D eigenvalue weighted by Crippen LogP contribution is -2.22. The summed E-state index contributed by atoms with van der Waals surface area (Å²) < 4.78 is 81.7. The van der Waals surface area contributed by atoms with Crippen LogP contribution in [-0.4, -0.2) is 30.3 Å². The Morgan fingerprint density at radius 1 is 1.10 bits per heavy atom. The molecule has 1 aliphatic carbocycles. The first-order valence-corrected chi connectivity index (χ1v) is 9.33. The highest BCUT2D eigenvalue weighted by Crippen LogP contribution is 2.36. The number of carbonyl (C=O) groups excluding carboxylic acids is 1. The topological polar surface area (TPSA) is 77.1 Å². The van der Waals surface area contributed by atoms with Crippen molar-refractivity contribution in [1.82, 2.24) is 24.4 Å². The second-order valence-corrected chi connectivity index (χ2v) is 7.27. The highest BCUT2D eigenvalue weighted by Gasteiger charge is 2.39. The molecular formula is C18H16F6N6O. The standard InChI is InChI=1S/C18H16F6N6O/c1-9-26-27-16-12(6-10(7-29(9)16)17(19,20)21)25-14(31)8-30-13-5-3-2-4-11(13)15(28-30)18(22,23)24/h6-7H,2-5,8H2,1H3,(H,25,31). The number of pyridine rings is 1. The number of amides is 1. The Labute approximate surface area is 171 Å². The van der Waals surface area contributed by atoms with Crippen molar-refractivity contribution in [2.75, 3.05) is 5.32 Å². The number of halogens is 6. The lowest BCUT2D eigenvalue weighted by atomic mass is 9.95. The molecule has 13 heteroatoms. The molecule has 0 spiro atoms. The van der Waals surface area contributed by atoms with Gasteiger partial charge in [-0.3, -0.25) is 13.9 Å². The molecule has 0 aromatic carbocycles. The minimum atomic E-state index is -4.69. The molecular weight excluding hydrogens is 430 g/mol. The van der Waals surface area contributed by atoms with Gasteiger partial charge in [-0.2, -0.15) is 31.4 Å². The van der Waals surface area contributed by atoms with Crippen molar-refractivity contribution in [3.63, 3.8) is 0 Å². The molecule has 3 aromatic heterocycles. The summed E-state index contributed by atoms with van der Waals surface area (Å²) in [7, 11) is 0. The summed E-state index contributed by atoms with van der Waals surface area (Å²) in [5.74, 6) is -0.654. The zero-order valence-corrected chi connectivity index (χ0v) is 16.1. The van der Waals surface area contributed by atoms with Gasteiger partial charge in [-0.05, 0) is 38.7 Å². The Hall–Kier alpha value is -3.12. The lowest BCUT2D eigenvalue weighted by Gasteiger charge is -2.15. The molecule has 0 saturated heterocycles. The van der Waals surface area contributed by atoms with Gasteiger partial charge in [0.25, 0.3) is 0 Å². The Kier molecular flexibility index (Phi) is 4.93. The average Bonchev–Trinajstić information content (AvgIpc) is 3.22. The van der Waals surface area contributed by atoms with Gasteiger partial charge in [0.1, 0.15) is 12.4 Å². The van der Waals surface area contributed by atoms with Crippen LogP contribution in [0.1, 0.15) is 41.2 Å². The number of hydrogen-bond donors (Lipinski definition) is 1. The maximum Gasteiger partial charge on any atom is 0.435 e. The number of rotatable bonds is 3. The summed E-state index contributed by atoms with van der Waals surface area (Å²) in [5.41, 5.74) is -1.93. The molecule has 0 aliphatic heterocycles. The van der Waals surface area contributed by atoms with Gasteiger partial charge in [0, 0.05) is 17.5 Å². The van der Waals surface area contributed by atoms with Crippen molar-refractivity contribution in [2.24, 2.45) is 0 Å². The van der Waals surface area contributed by atoms with E-state index in [-0.39, 0.29) is 29.1 Å². The summed E-state index contributed by atoms with van der Waals surface area (Å²) >= 11 is 0. The molecule has 3 aromatic rings. The predicted molar refractivity (Wildman–Crippen MR) is 95.2 cm³/mol. The van der Waals surface area contributed by atoms with E-state index in [0.29, 0.717) is 31.0 Å². The largest absolute Gasteiger partial charge is 0.435 e. The summed E-state index contributed by atoms with van der Waals surface area (Å²) in [6, 6.07) is 0.709. The molecule has 0 saturated carbocycles. The monoisotopic (exact) mass is 446 g/mol. The van der Waals surface area contributed by atoms with Gasteiger partial charge < -0.3 is 5.32 Å². The Bertz CT molecular complexity index is 1160. The van der Waals surface area contributed by atoms with Crippen LogP contribution < -0.4 is 5.32 Å². The molecule has 4 rings (SSSR count). The second-order valence-electron chi connectivity index (χ2n) is 7.27. The summed E-state index contributed by atoms with van der Waals surface area (Å²) in [6.07, 6.45) is -6.75. The lowest BCUT2D eigenvalue weighted by molar-refractivity contribution is -0.142. The third kappa shape index (κ3) is 3.95. The first-order valence-electron chi connectivity index (χ1n) is 9.33. The van der Waals surface area contributed by atoms with Crippen molar-refractivity contribution >= 4 is 17.2 Å². The average molecular weight is 446 g/mol. The Morgan fingerprint density at radius 2 is 1.81 bits per heavy atom. The van der Waals surface area contributed by atoms with E-state index < -0.39 is 36.1 Å². The van der Waals surface area contributed by atoms with E-state index in [1.807, 2.05) is 0 Å². The van der Waals surface area contributed by atoms with Crippen molar-refractivity contribution in [3.05, 3.63) is 40.6 Å². The highest BCUT2D eigenvalue weighted by molar-refractivity contribution is 5.94. The number of hydrogen-bond acceptors (Lipinski definition) is 4. The van der Waals surface area contributed by atoms with Crippen LogP contribution >= 0.6 is 0 Å². The maximum atomic E-state index is 13.3. The molecule has 0 unspecified atom stereocenters. The van der Waals surface area contributed by atoms with E-state index in [1.54, 1.807) is 0 Å². The van der Waals surface area contributed by atoms with Crippen LogP contribution in [0.2, 0.25) is 0 Å². The van der Waals surface area contributed by atoms with Crippen LogP contribution in [0.5, 0.6) is 0 Å². The van der Waals surface area contributed by atoms with Gasteiger partial charge in [-0.25, -0.2) is 0 Å². The molecule has 1 amide bonds. The number of aromatic nitrogens is 5. The SMILES string of the molecule is Cc1nnc2c(NC(=O)Cn3nc(C(F)(F)F)c4c3CCCC4)cc(C(F)(F)F)cn12. The molecule has 0 fully saturated rings. The quantitative estimate of drug-likeness (QED) is 0.622. The fraction of sp³-hybridized carbons (Fsp3) is 0.444. The number of carbonyl (C=O) groups is 1. The molecule has 166 valence electrons.